The molecule has 1 saturated heterocycles. The van der Waals surface area contributed by atoms with E-state index in [1.165, 1.54) is 6.42 Å². The molecule has 1 aromatic carbocycles. The number of hydrogen-bond donors (Lipinski definition) is 1. The van der Waals surface area contributed by atoms with Crippen molar-refractivity contribution < 1.29 is 0 Å². The second-order valence-electron chi connectivity index (χ2n) is 11.3. The molecule has 0 saturated carbocycles. The van der Waals surface area contributed by atoms with Crippen molar-refractivity contribution in [3.8, 4) is 11.3 Å². The molecule has 6 rings (SSSR count). The summed E-state index contributed by atoms with van der Waals surface area (Å²) in [6, 6.07) is 8.05. The molecule has 10 heteroatoms. The Balaban J connectivity index is 1.45. The smallest absolute Gasteiger partial charge is 0.259 e. The Morgan fingerprint density at radius 3 is 2.59 bits per heavy atom. The van der Waals surface area contributed by atoms with Gasteiger partial charge in [0.05, 0.1) is 29.8 Å². The average molecular weight is 573 g/mol. The minimum Gasteiger partial charge on any atom is -0.377 e. The van der Waals surface area contributed by atoms with Crippen LogP contribution in [0.15, 0.2) is 47.7 Å². The lowest BCUT2D eigenvalue weighted by Gasteiger charge is -2.32. The van der Waals surface area contributed by atoms with E-state index in [0.717, 1.165) is 77.0 Å². The van der Waals surface area contributed by atoms with E-state index in [1.54, 1.807) is 21.5 Å². The molecule has 0 bridgehead atoms. The van der Waals surface area contributed by atoms with Crippen LogP contribution in [0.1, 0.15) is 56.3 Å². The van der Waals surface area contributed by atoms with Crippen LogP contribution < -0.4 is 10.9 Å². The zero-order valence-corrected chi connectivity index (χ0v) is 25.1. The van der Waals surface area contributed by atoms with Crippen LogP contribution >= 0.6 is 11.6 Å². The van der Waals surface area contributed by atoms with Gasteiger partial charge in [-0.15, -0.1) is 0 Å². The largest absolute Gasteiger partial charge is 0.377 e. The van der Waals surface area contributed by atoms with E-state index in [0.29, 0.717) is 10.5 Å². The van der Waals surface area contributed by atoms with Crippen molar-refractivity contribution >= 4 is 39.1 Å². The molecule has 1 atom stereocenters. The molecular weight excluding hydrogens is 536 g/mol. The highest BCUT2D eigenvalue weighted by Gasteiger charge is 2.26. The molecule has 5 aromatic rings. The van der Waals surface area contributed by atoms with Crippen LogP contribution in [0.5, 0.6) is 0 Å². The fourth-order valence-corrected chi connectivity index (χ4v) is 6.51. The standard InChI is InChI=1S/C31H37ClN8O/c1-6-11-39-12-9-22(10-13-39)40-30-25(17-34-40)28-23(14-19(2)15-24(28)31(41)38(30)5)20(3)35-26-7-8-27(32)36-29(26)21-16-33-37(4)18-21/h7-8,14-18,20,22,35H,6,9-13H2,1-5H3. The molecule has 214 valence electrons. The minimum atomic E-state index is -0.133. The Morgan fingerprint density at radius 1 is 1.10 bits per heavy atom. The van der Waals surface area contributed by atoms with Crippen molar-refractivity contribution in [2.75, 3.05) is 25.0 Å². The number of aromatic nitrogens is 6. The summed E-state index contributed by atoms with van der Waals surface area (Å²) in [7, 11) is 3.75. The predicted octanol–water partition coefficient (Wildman–Crippen LogP) is 5.87. The van der Waals surface area contributed by atoms with Crippen LogP contribution in [0.3, 0.4) is 0 Å². The molecule has 0 spiro atoms. The van der Waals surface area contributed by atoms with Gasteiger partial charge in [-0.05, 0) is 69.0 Å². The van der Waals surface area contributed by atoms with Crippen LogP contribution in [-0.4, -0.2) is 53.6 Å². The molecule has 1 fully saturated rings. The molecule has 41 heavy (non-hydrogen) atoms. The lowest BCUT2D eigenvalue weighted by molar-refractivity contribution is 0.182. The number of anilines is 1. The van der Waals surface area contributed by atoms with Gasteiger partial charge in [-0.1, -0.05) is 24.6 Å². The summed E-state index contributed by atoms with van der Waals surface area (Å²) in [4.78, 5) is 21.0. The van der Waals surface area contributed by atoms with Crippen LogP contribution in [0.2, 0.25) is 5.15 Å². The quantitative estimate of drug-likeness (QED) is 0.246. The van der Waals surface area contributed by atoms with E-state index in [-0.39, 0.29) is 17.6 Å². The van der Waals surface area contributed by atoms with Crippen LogP contribution in [-0.2, 0) is 14.1 Å². The van der Waals surface area contributed by atoms with Crippen molar-refractivity contribution in [1.82, 2.24) is 34.0 Å². The summed E-state index contributed by atoms with van der Waals surface area (Å²) in [5.74, 6) is 0. The Labute approximate surface area is 244 Å². The fourth-order valence-electron chi connectivity index (χ4n) is 6.37. The summed E-state index contributed by atoms with van der Waals surface area (Å²) in [5.41, 5.74) is 5.43. The highest BCUT2D eigenvalue weighted by molar-refractivity contribution is 6.29. The molecule has 1 N–H and O–H groups in total. The molecule has 1 aliphatic heterocycles. The van der Waals surface area contributed by atoms with Crippen LogP contribution in [0.25, 0.3) is 33.1 Å². The number of likely N-dealkylation sites (tertiary alicyclic amines) is 1. The van der Waals surface area contributed by atoms with Crippen LogP contribution in [0, 0.1) is 6.92 Å². The summed E-state index contributed by atoms with van der Waals surface area (Å²) in [6.07, 6.45) is 8.88. The molecule has 9 nitrogen and oxygen atoms in total. The number of piperidine rings is 1. The number of nitrogens with zero attached hydrogens (tertiary/aromatic N) is 7. The number of hydrogen-bond acceptors (Lipinski definition) is 6. The molecule has 5 heterocycles. The van der Waals surface area contributed by atoms with Gasteiger partial charge in [0.1, 0.15) is 10.8 Å². The summed E-state index contributed by atoms with van der Waals surface area (Å²) >= 11 is 6.30. The topological polar surface area (TPSA) is 85.8 Å². The van der Waals surface area contributed by atoms with Gasteiger partial charge in [0.2, 0.25) is 0 Å². The maximum absolute atomic E-state index is 13.8. The maximum Gasteiger partial charge on any atom is 0.259 e. The second-order valence-corrected chi connectivity index (χ2v) is 11.7. The van der Waals surface area contributed by atoms with E-state index in [9.17, 15) is 4.79 Å². The lowest BCUT2D eigenvalue weighted by atomic mass is 9.95. The van der Waals surface area contributed by atoms with Crippen molar-refractivity contribution in [3.63, 3.8) is 0 Å². The third-order valence-corrected chi connectivity index (χ3v) is 8.54. The predicted molar refractivity (Wildman–Crippen MR) is 166 cm³/mol. The minimum absolute atomic E-state index is 0.000900. The average Bonchev–Trinajstić information content (AvgIpc) is 3.59. The van der Waals surface area contributed by atoms with Crippen molar-refractivity contribution in [2.24, 2.45) is 14.1 Å². The number of aryl methyl sites for hydroxylation is 3. The van der Waals surface area contributed by atoms with Gasteiger partial charge in [0.15, 0.2) is 0 Å². The zero-order valence-electron chi connectivity index (χ0n) is 24.4. The number of benzene rings is 1. The van der Waals surface area contributed by atoms with E-state index < -0.39 is 0 Å². The number of rotatable bonds is 7. The van der Waals surface area contributed by atoms with Gasteiger partial charge in [-0.3, -0.25) is 14.0 Å². The monoisotopic (exact) mass is 572 g/mol. The van der Waals surface area contributed by atoms with E-state index in [1.807, 2.05) is 45.5 Å². The molecule has 0 radical (unpaired) electrons. The van der Waals surface area contributed by atoms with Gasteiger partial charge in [-0.25, -0.2) is 9.67 Å². The van der Waals surface area contributed by atoms with Crippen molar-refractivity contribution in [2.45, 2.75) is 52.1 Å². The Hall–Kier alpha value is -3.69. The number of nitrogens with one attached hydrogen (secondary N) is 1. The summed E-state index contributed by atoms with van der Waals surface area (Å²) in [6.45, 7) is 9.63. The number of halogens is 1. The van der Waals surface area contributed by atoms with E-state index in [4.69, 9.17) is 16.7 Å². The normalized spacial score (nSPS) is 15.7. The zero-order chi connectivity index (χ0) is 28.8. The first kappa shape index (κ1) is 27.5. The maximum atomic E-state index is 13.8. The molecule has 0 amide bonds. The first-order chi connectivity index (χ1) is 19.7. The van der Waals surface area contributed by atoms with Gasteiger partial charge in [0, 0.05) is 61.1 Å². The van der Waals surface area contributed by atoms with Gasteiger partial charge in [0.25, 0.3) is 5.56 Å². The Morgan fingerprint density at radius 2 is 1.88 bits per heavy atom. The van der Waals surface area contributed by atoms with Crippen molar-refractivity contribution in [1.29, 1.82) is 0 Å². The van der Waals surface area contributed by atoms with Crippen molar-refractivity contribution in [3.05, 3.63) is 69.5 Å². The molecule has 1 unspecified atom stereocenters. The van der Waals surface area contributed by atoms with E-state index in [2.05, 4.69) is 44.9 Å². The SMILES string of the molecule is CCCN1CCC(n2ncc3c4c(C(C)Nc5ccc(Cl)nc5-c5cnn(C)c5)cc(C)cc4c(=O)n(C)c32)CC1. The molecule has 1 aliphatic rings. The first-order valence-corrected chi connectivity index (χ1v) is 14.8. The van der Waals surface area contributed by atoms with Gasteiger partial charge < -0.3 is 10.2 Å². The fraction of sp³-hybridized carbons (Fsp3) is 0.419. The van der Waals surface area contributed by atoms with Crippen LogP contribution in [0.4, 0.5) is 5.69 Å². The highest BCUT2D eigenvalue weighted by Crippen LogP contribution is 2.36. The molecule has 0 aliphatic carbocycles. The van der Waals surface area contributed by atoms with Gasteiger partial charge in [-0.2, -0.15) is 10.2 Å². The highest BCUT2D eigenvalue weighted by atomic mass is 35.5. The second kappa shape index (κ2) is 10.9. The molecular formula is C31H37ClN8O. The summed E-state index contributed by atoms with van der Waals surface area (Å²) in [5, 5.41) is 16.0. The Bertz CT molecular complexity index is 1790. The third-order valence-electron chi connectivity index (χ3n) is 8.33. The number of pyridine rings is 2. The lowest BCUT2D eigenvalue weighted by Crippen LogP contribution is -2.35. The molecule has 4 aromatic heterocycles. The van der Waals surface area contributed by atoms with Gasteiger partial charge >= 0.3 is 0 Å². The summed E-state index contributed by atoms with van der Waals surface area (Å²) < 4.78 is 5.63. The third kappa shape index (κ3) is 5.02. The first-order valence-electron chi connectivity index (χ1n) is 14.4. The number of fused-ring (bicyclic) bond motifs is 3. The van der Waals surface area contributed by atoms with E-state index >= 15 is 0 Å². The Kier molecular flexibility index (Phi) is 7.34.